The van der Waals surface area contributed by atoms with E-state index in [2.05, 4.69) is 232 Å². The van der Waals surface area contributed by atoms with Crippen LogP contribution in [0.1, 0.15) is 49.9 Å². The van der Waals surface area contributed by atoms with Crippen molar-refractivity contribution in [3.05, 3.63) is 223 Å². The second-order valence-corrected chi connectivity index (χ2v) is 19.1. The van der Waals surface area contributed by atoms with Gasteiger partial charge in [0.05, 0.1) is 11.4 Å². The number of aromatic nitrogens is 1. The van der Waals surface area contributed by atoms with E-state index in [9.17, 15) is 0 Å². The third kappa shape index (κ3) is 5.89. The predicted molar refractivity (Wildman–Crippen MR) is 267 cm³/mol. The quantitative estimate of drug-likeness (QED) is 0.166. The van der Waals surface area contributed by atoms with E-state index in [1.54, 1.807) is 0 Å². The number of thiophene rings is 1. The predicted octanol–water partition coefficient (Wildman–Crippen LogP) is 16.7. The summed E-state index contributed by atoms with van der Waals surface area (Å²) in [7, 11) is 0. The lowest BCUT2D eigenvalue weighted by atomic mass is 9.72. The van der Waals surface area contributed by atoms with Crippen LogP contribution in [0.25, 0.3) is 53.6 Å². The van der Waals surface area contributed by atoms with Gasteiger partial charge in [0.2, 0.25) is 0 Å². The Bertz CT molecular complexity index is 3400. The molecule has 0 unspecified atom stereocenters. The average Bonchev–Trinajstić information content (AvgIpc) is 3.81. The van der Waals surface area contributed by atoms with Gasteiger partial charge in [-0.1, -0.05) is 143 Å². The van der Waals surface area contributed by atoms with E-state index in [0.29, 0.717) is 0 Å². The number of pyridine rings is 1. The minimum Gasteiger partial charge on any atom is -0.310 e. The van der Waals surface area contributed by atoms with Crippen LogP contribution in [0, 0.1) is 0 Å². The maximum atomic E-state index is 5.19. The standard InChI is InChI=1S/C59H45N3S/c1-58(2)49-21-13-11-19-45(49)46-28-25-43(35-50(46)58)61(42-27-31-56-48(34-42)47-20-12-14-22-55(47)63-56)44-26-30-54-52(36-44)59(3,4)51-33-40(38-15-7-5-8-16-38)23-29-53(51)62(54)57-32-24-41(37-60-57)39-17-9-6-10-18-39/h5-37H,1-4H3. The topological polar surface area (TPSA) is 19.4 Å². The molecule has 0 saturated carbocycles. The SMILES string of the molecule is CC1(C)c2ccccc2-c2ccc(N(c3ccc4c(c3)C(C)(C)c3cc(-c5ccccc5)ccc3N4c3ccc(-c4ccccc4)cn3)c3ccc4sc5ccccc5c4c3)cc21. The lowest BCUT2D eigenvalue weighted by Crippen LogP contribution is -2.31. The molecular formula is C59H45N3S. The summed E-state index contributed by atoms with van der Waals surface area (Å²) in [6.07, 6.45) is 2.01. The van der Waals surface area contributed by atoms with Crippen LogP contribution in [0.2, 0.25) is 0 Å². The summed E-state index contributed by atoms with van der Waals surface area (Å²) in [5, 5.41) is 2.58. The molecule has 0 amide bonds. The number of nitrogens with zero attached hydrogens (tertiary/aromatic N) is 3. The molecule has 302 valence electrons. The fourth-order valence-corrected chi connectivity index (χ4v) is 11.5. The van der Waals surface area contributed by atoms with E-state index in [-0.39, 0.29) is 10.8 Å². The van der Waals surface area contributed by atoms with Crippen molar-refractivity contribution >= 4 is 65.8 Å². The van der Waals surface area contributed by atoms with Crippen molar-refractivity contribution in [3.63, 3.8) is 0 Å². The van der Waals surface area contributed by atoms with Gasteiger partial charge in [0.1, 0.15) is 5.82 Å². The van der Waals surface area contributed by atoms with E-state index in [1.165, 1.54) is 64.7 Å². The number of rotatable bonds is 6. The van der Waals surface area contributed by atoms with Crippen LogP contribution in [0.3, 0.4) is 0 Å². The largest absolute Gasteiger partial charge is 0.310 e. The Morgan fingerprint density at radius 2 is 0.968 bits per heavy atom. The Morgan fingerprint density at radius 3 is 1.73 bits per heavy atom. The fraction of sp³-hybridized carbons (Fsp3) is 0.102. The molecule has 10 aromatic rings. The van der Waals surface area contributed by atoms with E-state index < -0.39 is 0 Å². The first-order valence-electron chi connectivity index (χ1n) is 21.9. The molecule has 63 heavy (non-hydrogen) atoms. The van der Waals surface area contributed by atoms with Crippen molar-refractivity contribution in [2.45, 2.75) is 38.5 Å². The summed E-state index contributed by atoms with van der Waals surface area (Å²) in [6.45, 7) is 9.50. The number of anilines is 6. The summed E-state index contributed by atoms with van der Waals surface area (Å²) in [5.74, 6) is 0.889. The highest BCUT2D eigenvalue weighted by molar-refractivity contribution is 7.25. The van der Waals surface area contributed by atoms with Crippen LogP contribution in [-0.2, 0) is 10.8 Å². The molecular weight excluding hydrogens is 783 g/mol. The highest BCUT2D eigenvalue weighted by atomic mass is 32.1. The van der Waals surface area contributed by atoms with Crippen LogP contribution in [-0.4, -0.2) is 4.98 Å². The van der Waals surface area contributed by atoms with Crippen molar-refractivity contribution in [1.29, 1.82) is 0 Å². The van der Waals surface area contributed by atoms with E-state index in [1.807, 2.05) is 17.5 Å². The highest BCUT2D eigenvalue weighted by Crippen LogP contribution is 2.55. The summed E-state index contributed by atoms with van der Waals surface area (Å²) in [5.41, 5.74) is 17.7. The van der Waals surface area contributed by atoms with Gasteiger partial charge in [0.25, 0.3) is 0 Å². The first-order chi connectivity index (χ1) is 30.7. The Morgan fingerprint density at radius 1 is 0.413 bits per heavy atom. The number of fused-ring (bicyclic) bond motifs is 8. The lowest BCUT2D eigenvalue weighted by molar-refractivity contribution is 0.631. The Kier molecular flexibility index (Phi) is 8.41. The molecule has 0 fully saturated rings. The number of hydrogen-bond acceptors (Lipinski definition) is 4. The van der Waals surface area contributed by atoms with Gasteiger partial charge in [-0.05, 0) is 129 Å². The van der Waals surface area contributed by atoms with Gasteiger partial charge in [0, 0.05) is 59.8 Å². The van der Waals surface area contributed by atoms with Gasteiger partial charge in [-0.25, -0.2) is 4.98 Å². The molecule has 1 aliphatic carbocycles. The number of hydrogen-bond donors (Lipinski definition) is 0. The second kappa shape index (κ2) is 14.1. The molecule has 0 bridgehead atoms. The van der Waals surface area contributed by atoms with Gasteiger partial charge in [-0.2, -0.15) is 0 Å². The van der Waals surface area contributed by atoms with Gasteiger partial charge in [0.15, 0.2) is 0 Å². The third-order valence-electron chi connectivity index (χ3n) is 13.7. The Labute approximate surface area is 373 Å². The molecule has 1 aliphatic heterocycles. The molecule has 2 aliphatic rings. The monoisotopic (exact) mass is 827 g/mol. The van der Waals surface area contributed by atoms with Crippen LogP contribution in [0.5, 0.6) is 0 Å². The van der Waals surface area contributed by atoms with Gasteiger partial charge < -0.3 is 4.90 Å². The van der Waals surface area contributed by atoms with Crippen LogP contribution < -0.4 is 9.80 Å². The Balaban J connectivity index is 1.07. The lowest BCUT2D eigenvalue weighted by Gasteiger charge is -2.42. The van der Waals surface area contributed by atoms with E-state index >= 15 is 0 Å². The van der Waals surface area contributed by atoms with Crippen molar-refractivity contribution in [3.8, 4) is 33.4 Å². The van der Waals surface area contributed by atoms with Gasteiger partial charge >= 0.3 is 0 Å². The molecule has 2 aromatic heterocycles. The zero-order valence-electron chi connectivity index (χ0n) is 35.8. The molecule has 0 radical (unpaired) electrons. The first-order valence-corrected chi connectivity index (χ1v) is 22.7. The molecule has 0 atom stereocenters. The summed E-state index contributed by atoms with van der Waals surface area (Å²) in [4.78, 5) is 10.0. The van der Waals surface area contributed by atoms with Crippen LogP contribution >= 0.6 is 11.3 Å². The van der Waals surface area contributed by atoms with Gasteiger partial charge in [-0.15, -0.1) is 11.3 Å². The second-order valence-electron chi connectivity index (χ2n) is 18.0. The molecule has 3 heterocycles. The summed E-state index contributed by atoms with van der Waals surface area (Å²) >= 11 is 1.86. The minimum absolute atomic E-state index is 0.136. The van der Waals surface area contributed by atoms with Crippen molar-refractivity contribution in [2.75, 3.05) is 9.80 Å². The molecule has 0 saturated heterocycles. The highest BCUT2D eigenvalue weighted by Gasteiger charge is 2.39. The summed E-state index contributed by atoms with van der Waals surface area (Å²) in [6, 6.07) is 71.5. The van der Waals surface area contributed by atoms with Crippen LogP contribution in [0.15, 0.2) is 200 Å². The van der Waals surface area contributed by atoms with Crippen molar-refractivity contribution in [2.24, 2.45) is 0 Å². The maximum Gasteiger partial charge on any atom is 0.137 e. The fourth-order valence-electron chi connectivity index (χ4n) is 10.4. The van der Waals surface area contributed by atoms with E-state index in [4.69, 9.17) is 4.98 Å². The average molecular weight is 828 g/mol. The van der Waals surface area contributed by atoms with Crippen molar-refractivity contribution in [1.82, 2.24) is 4.98 Å². The molecule has 0 spiro atoms. The molecule has 8 aromatic carbocycles. The first kappa shape index (κ1) is 37.5. The minimum atomic E-state index is -0.354. The third-order valence-corrected chi connectivity index (χ3v) is 14.9. The molecule has 0 N–H and O–H groups in total. The van der Waals surface area contributed by atoms with E-state index in [0.717, 1.165) is 45.4 Å². The molecule has 3 nitrogen and oxygen atoms in total. The zero-order chi connectivity index (χ0) is 42.5. The van der Waals surface area contributed by atoms with Crippen molar-refractivity contribution < 1.29 is 0 Å². The zero-order valence-corrected chi connectivity index (χ0v) is 36.6. The normalized spacial score (nSPS) is 14.3. The molecule has 12 rings (SSSR count). The number of benzene rings is 8. The maximum absolute atomic E-state index is 5.19. The molecule has 4 heteroatoms. The van der Waals surface area contributed by atoms with Crippen LogP contribution in [0.4, 0.5) is 34.3 Å². The smallest absolute Gasteiger partial charge is 0.137 e. The van der Waals surface area contributed by atoms with Gasteiger partial charge in [-0.3, -0.25) is 4.90 Å². The Hall–Kier alpha value is -7.27. The summed E-state index contributed by atoms with van der Waals surface area (Å²) < 4.78 is 2.60.